The van der Waals surface area contributed by atoms with E-state index >= 15 is 0 Å². The molecule has 106 valence electrons. The van der Waals surface area contributed by atoms with E-state index in [1.165, 1.54) is 12.1 Å². The van der Waals surface area contributed by atoms with Gasteiger partial charge in [0.1, 0.15) is 4.90 Å². The largest absolute Gasteiger partial charge is 0.399 e. The standard InChI is InChI=1S/C10H13Br2N3O3S/c1-5(2)14-10(16)15-19(17,18)9-7(11)3-6(13)4-8(9)12/h3-5H,13H2,1-2H3,(H2,14,15,16). The van der Waals surface area contributed by atoms with E-state index in [-0.39, 0.29) is 19.9 Å². The molecule has 0 aromatic heterocycles. The molecule has 0 bridgehead atoms. The van der Waals surface area contributed by atoms with E-state index in [1.54, 1.807) is 13.8 Å². The van der Waals surface area contributed by atoms with E-state index in [2.05, 4.69) is 37.2 Å². The average Bonchev–Trinajstić information content (AvgIpc) is 2.10. The minimum absolute atomic E-state index is 0.0828. The van der Waals surface area contributed by atoms with E-state index < -0.39 is 16.1 Å². The maximum absolute atomic E-state index is 12.1. The summed E-state index contributed by atoms with van der Waals surface area (Å²) in [6.45, 7) is 3.45. The number of anilines is 1. The number of rotatable bonds is 3. The molecule has 2 amide bonds. The summed E-state index contributed by atoms with van der Waals surface area (Å²) < 4.78 is 26.7. The zero-order valence-electron chi connectivity index (χ0n) is 10.2. The smallest absolute Gasteiger partial charge is 0.328 e. The predicted octanol–water partition coefficient (Wildman–Crippen LogP) is 2.19. The summed E-state index contributed by atoms with van der Waals surface area (Å²) in [7, 11) is -3.99. The second-order valence-electron chi connectivity index (χ2n) is 4.05. The Morgan fingerprint density at radius 1 is 1.26 bits per heavy atom. The van der Waals surface area contributed by atoms with Crippen molar-refractivity contribution in [1.82, 2.24) is 10.0 Å². The highest BCUT2D eigenvalue weighted by Crippen LogP contribution is 2.32. The maximum Gasteiger partial charge on any atom is 0.328 e. The molecule has 1 rings (SSSR count). The van der Waals surface area contributed by atoms with Gasteiger partial charge in [0.25, 0.3) is 10.0 Å². The number of halogens is 2. The maximum atomic E-state index is 12.1. The van der Waals surface area contributed by atoms with Crippen LogP contribution in [-0.4, -0.2) is 20.5 Å². The summed E-state index contributed by atoms with van der Waals surface area (Å²) in [5.41, 5.74) is 5.98. The lowest BCUT2D eigenvalue weighted by molar-refractivity contribution is 0.243. The molecule has 0 aliphatic heterocycles. The summed E-state index contributed by atoms with van der Waals surface area (Å²) in [6.07, 6.45) is 0. The first-order valence-electron chi connectivity index (χ1n) is 5.21. The van der Waals surface area contributed by atoms with Crippen LogP contribution in [0.1, 0.15) is 13.8 Å². The normalized spacial score (nSPS) is 11.4. The van der Waals surface area contributed by atoms with Crippen molar-refractivity contribution >= 4 is 53.6 Å². The van der Waals surface area contributed by atoms with Gasteiger partial charge in [-0.05, 0) is 57.8 Å². The highest BCUT2D eigenvalue weighted by molar-refractivity contribution is 9.11. The number of amides is 2. The van der Waals surface area contributed by atoms with Crippen molar-refractivity contribution < 1.29 is 13.2 Å². The lowest BCUT2D eigenvalue weighted by Gasteiger charge is -2.13. The Labute approximate surface area is 128 Å². The molecule has 19 heavy (non-hydrogen) atoms. The van der Waals surface area contributed by atoms with Crippen LogP contribution in [0.5, 0.6) is 0 Å². The number of hydrogen-bond acceptors (Lipinski definition) is 4. The number of nitrogens with one attached hydrogen (secondary N) is 2. The first-order valence-corrected chi connectivity index (χ1v) is 8.28. The second-order valence-corrected chi connectivity index (χ2v) is 7.38. The van der Waals surface area contributed by atoms with Gasteiger partial charge in [-0.25, -0.2) is 17.9 Å². The Morgan fingerprint density at radius 3 is 2.16 bits per heavy atom. The molecule has 0 aliphatic rings. The number of nitrogen functional groups attached to an aromatic ring is 1. The third-order valence-corrected chi connectivity index (χ3v) is 5.14. The van der Waals surface area contributed by atoms with Gasteiger partial charge in [-0.15, -0.1) is 0 Å². The van der Waals surface area contributed by atoms with Gasteiger partial charge in [0, 0.05) is 20.7 Å². The summed E-state index contributed by atoms with van der Waals surface area (Å²) in [5.74, 6) is 0. The van der Waals surface area contributed by atoms with Crippen molar-refractivity contribution in [1.29, 1.82) is 0 Å². The van der Waals surface area contributed by atoms with E-state index in [0.29, 0.717) is 5.69 Å². The first-order chi connectivity index (χ1) is 8.63. The molecular weight excluding hydrogens is 402 g/mol. The molecule has 1 aromatic carbocycles. The third kappa shape index (κ3) is 4.36. The number of nitrogens with two attached hydrogens (primary N) is 1. The minimum atomic E-state index is -3.99. The quantitative estimate of drug-likeness (QED) is 0.659. The number of benzene rings is 1. The molecule has 0 saturated carbocycles. The summed E-state index contributed by atoms with van der Waals surface area (Å²) in [4.78, 5) is 11.4. The summed E-state index contributed by atoms with van der Waals surface area (Å²) in [6, 6.07) is 1.93. The van der Waals surface area contributed by atoms with Crippen LogP contribution in [0.2, 0.25) is 0 Å². The van der Waals surface area contributed by atoms with Crippen LogP contribution in [0.4, 0.5) is 10.5 Å². The molecule has 0 spiro atoms. The van der Waals surface area contributed by atoms with Crippen LogP contribution >= 0.6 is 31.9 Å². The number of sulfonamides is 1. The predicted molar refractivity (Wildman–Crippen MR) is 80.2 cm³/mol. The Morgan fingerprint density at radius 2 is 1.74 bits per heavy atom. The first kappa shape index (κ1) is 16.3. The molecule has 4 N–H and O–H groups in total. The monoisotopic (exact) mass is 413 g/mol. The lowest BCUT2D eigenvalue weighted by Crippen LogP contribution is -2.42. The van der Waals surface area contributed by atoms with Crippen LogP contribution in [0.3, 0.4) is 0 Å². The Kier molecular flexibility index (Phi) is 5.22. The number of carbonyl (C=O) groups is 1. The van der Waals surface area contributed by atoms with Crippen molar-refractivity contribution in [2.24, 2.45) is 0 Å². The van der Waals surface area contributed by atoms with Gasteiger partial charge in [0.05, 0.1) is 0 Å². The van der Waals surface area contributed by atoms with E-state index in [9.17, 15) is 13.2 Å². The van der Waals surface area contributed by atoms with Crippen LogP contribution in [0, 0.1) is 0 Å². The molecule has 0 radical (unpaired) electrons. The van der Waals surface area contributed by atoms with Gasteiger partial charge in [-0.3, -0.25) is 0 Å². The number of hydrogen-bond donors (Lipinski definition) is 3. The van der Waals surface area contributed by atoms with E-state index in [0.717, 1.165) is 0 Å². The fourth-order valence-electron chi connectivity index (χ4n) is 1.30. The number of carbonyl (C=O) groups excluding carboxylic acids is 1. The Hall–Kier alpha value is -0.800. The van der Waals surface area contributed by atoms with Crippen molar-refractivity contribution in [3.63, 3.8) is 0 Å². The lowest BCUT2D eigenvalue weighted by atomic mass is 10.3. The van der Waals surface area contributed by atoms with Crippen LogP contribution < -0.4 is 15.8 Å². The van der Waals surface area contributed by atoms with Gasteiger partial charge in [0.2, 0.25) is 0 Å². The zero-order chi connectivity index (χ0) is 14.8. The fraction of sp³-hybridized carbons (Fsp3) is 0.300. The van der Waals surface area contributed by atoms with Gasteiger partial charge < -0.3 is 11.1 Å². The number of urea groups is 1. The fourth-order valence-corrected chi connectivity index (χ4v) is 4.84. The van der Waals surface area contributed by atoms with Gasteiger partial charge in [0.15, 0.2) is 0 Å². The second kappa shape index (κ2) is 6.10. The van der Waals surface area contributed by atoms with Crippen molar-refractivity contribution in [3.8, 4) is 0 Å². The van der Waals surface area contributed by atoms with Gasteiger partial charge in [-0.2, -0.15) is 0 Å². The van der Waals surface area contributed by atoms with Crippen molar-refractivity contribution in [3.05, 3.63) is 21.1 Å². The molecule has 0 unspecified atom stereocenters. The zero-order valence-corrected chi connectivity index (χ0v) is 14.2. The molecule has 9 heteroatoms. The SMILES string of the molecule is CC(C)NC(=O)NS(=O)(=O)c1c(Br)cc(N)cc1Br. The molecule has 0 fully saturated rings. The molecular formula is C10H13Br2N3O3S. The third-order valence-electron chi connectivity index (χ3n) is 1.94. The Balaban J connectivity index is 3.12. The van der Waals surface area contributed by atoms with E-state index in [4.69, 9.17) is 5.73 Å². The van der Waals surface area contributed by atoms with E-state index in [1.807, 2.05) is 4.72 Å². The topological polar surface area (TPSA) is 101 Å². The van der Waals surface area contributed by atoms with Crippen molar-refractivity contribution in [2.45, 2.75) is 24.8 Å². The highest BCUT2D eigenvalue weighted by Gasteiger charge is 2.24. The van der Waals surface area contributed by atoms with Crippen LogP contribution in [0.25, 0.3) is 0 Å². The van der Waals surface area contributed by atoms with Gasteiger partial charge in [-0.1, -0.05) is 0 Å². The molecule has 1 aromatic rings. The molecule has 6 nitrogen and oxygen atoms in total. The molecule has 0 heterocycles. The van der Waals surface area contributed by atoms with Gasteiger partial charge >= 0.3 is 6.03 Å². The minimum Gasteiger partial charge on any atom is -0.399 e. The molecule has 0 saturated heterocycles. The van der Waals surface area contributed by atoms with Crippen LogP contribution in [-0.2, 0) is 10.0 Å². The van der Waals surface area contributed by atoms with Crippen molar-refractivity contribution in [2.75, 3.05) is 5.73 Å². The Bertz CT molecular complexity index is 579. The highest BCUT2D eigenvalue weighted by atomic mass is 79.9. The average molecular weight is 415 g/mol. The summed E-state index contributed by atoms with van der Waals surface area (Å²) in [5, 5.41) is 2.43. The molecule has 0 aliphatic carbocycles. The van der Waals surface area contributed by atoms with Crippen LogP contribution in [0.15, 0.2) is 26.0 Å². The molecule has 0 atom stereocenters. The summed E-state index contributed by atoms with van der Waals surface area (Å²) >= 11 is 6.23.